The molecule has 0 saturated carbocycles. The molecule has 0 spiro atoms. The van der Waals surface area contributed by atoms with Crippen LogP contribution in [0, 0.1) is 5.92 Å². The zero-order chi connectivity index (χ0) is 17.2. The molecule has 4 rings (SSSR count). The summed E-state index contributed by atoms with van der Waals surface area (Å²) in [6.45, 7) is 4.47. The van der Waals surface area contributed by atoms with Gasteiger partial charge in [-0.25, -0.2) is 4.98 Å². The zero-order valence-corrected chi connectivity index (χ0v) is 15.3. The molecule has 1 aromatic heterocycles. The van der Waals surface area contributed by atoms with E-state index >= 15 is 0 Å². The Kier molecular flexibility index (Phi) is 4.76. The fraction of sp³-hybridized carbons (Fsp3) is 0.556. The molecule has 2 aromatic rings. The number of methoxy groups -OCH3 is 1. The molecule has 1 amide bonds. The summed E-state index contributed by atoms with van der Waals surface area (Å²) in [5.74, 6) is 1.19. The number of rotatable bonds is 3. The number of fused-ring (bicyclic) bond motifs is 1. The van der Waals surface area contributed by atoms with E-state index < -0.39 is 0 Å². The number of carbonyl (C=O) groups excluding carboxylic acids is 1. The maximum Gasteiger partial charge on any atom is 0.227 e. The number of hydrogen-bond donors (Lipinski definition) is 0. The van der Waals surface area contributed by atoms with Gasteiger partial charge >= 0.3 is 0 Å². The van der Waals surface area contributed by atoms with E-state index in [1.165, 1.54) is 0 Å². The van der Waals surface area contributed by atoms with Gasteiger partial charge in [-0.2, -0.15) is 0 Å². The largest absolute Gasteiger partial charge is 0.497 e. The van der Waals surface area contributed by atoms with Crippen molar-refractivity contribution in [2.75, 3.05) is 51.4 Å². The summed E-state index contributed by atoms with van der Waals surface area (Å²) in [5.41, 5.74) is 0.988. The molecule has 0 N–H and O–H groups in total. The normalized spacial score (nSPS) is 21.6. The van der Waals surface area contributed by atoms with E-state index in [4.69, 9.17) is 14.5 Å². The Morgan fingerprint density at radius 3 is 2.96 bits per heavy atom. The van der Waals surface area contributed by atoms with Gasteiger partial charge in [-0.05, 0) is 31.0 Å². The fourth-order valence-electron chi connectivity index (χ4n) is 3.55. The third-order valence-electron chi connectivity index (χ3n) is 4.95. The third kappa shape index (κ3) is 3.43. The number of aromatic nitrogens is 1. The molecular formula is C18H23N3O3S. The molecule has 2 aliphatic rings. The highest BCUT2D eigenvalue weighted by molar-refractivity contribution is 7.22. The van der Waals surface area contributed by atoms with Crippen LogP contribution in [0.5, 0.6) is 5.75 Å². The van der Waals surface area contributed by atoms with Gasteiger partial charge in [-0.1, -0.05) is 11.3 Å². The molecule has 25 heavy (non-hydrogen) atoms. The molecule has 3 heterocycles. The van der Waals surface area contributed by atoms with Crippen LogP contribution in [0.15, 0.2) is 18.2 Å². The van der Waals surface area contributed by atoms with E-state index in [1.807, 2.05) is 23.1 Å². The summed E-state index contributed by atoms with van der Waals surface area (Å²) in [6.07, 6.45) is 1.99. The van der Waals surface area contributed by atoms with E-state index in [-0.39, 0.29) is 11.8 Å². The minimum absolute atomic E-state index is 0.0633. The Bertz CT molecular complexity index is 757. The quantitative estimate of drug-likeness (QED) is 0.840. The lowest BCUT2D eigenvalue weighted by Gasteiger charge is -2.36. The Hall–Kier alpha value is -1.86. The highest BCUT2D eigenvalue weighted by Crippen LogP contribution is 2.33. The predicted octanol–water partition coefficient (Wildman–Crippen LogP) is 2.38. The average molecular weight is 361 g/mol. The van der Waals surface area contributed by atoms with Crippen LogP contribution in [0.4, 0.5) is 5.13 Å². The smallest absolute Gasteiger partial charge is 0.227 e. The Balaban J connectivity index is 1.49. The number of carbonyl (C=O) groups is 1. The standard InChI is InChI=1S/C18H23N3O3S/c1-23-14-4-5-15-16(11-14)25-18(19-15)21-6-2-3-13(12-21)17(22)20-7-9-24-10-8-20/h4-5,11,13H,2-3,6-10,12H2,1H3/t13-/m0/s1. The molecule has 1 atom stereocenters. The number of nitrogens with zero attached hydrogens (tertiary/aromatic N) is 3. The van der Waals surface area contributed by atoms with Gasteiger partial charge in [0, 0.05) is 26.2 Å². The maximum absolute atomic E-state index is 12.8. The van der Waals surface area contributed by atoms with Gasteiger partial charge < -0.3 is 19.3 Å². The van der Waals surface area contributed by atoms with Crippen LogP contribution in [-0.2, 0) is 9.53 Å². The van der Waals surface area contributed by atoms with E-state index in [2.05, 4.69) is 4.90 Å². The average Bonchev–Trinajstić information content (AvgIpc) is 3.11. The van der Waals surface area contributed by atoms with Crippen molar-refractivity contribution < 1.29 is 14.3 Å². The summed E-state index contributed by atoms with van der Waals surface area (Å²) in [6, 6.07) is 5.96. The van der Waals surface area contributed by atoms with Crippen molar-refractivity contribution in [2.24, 2.45) is 5.92 Å². The number of morpholine rings is 1. The van der Waals surface area contributed by atoms with E-state index in [0.717, 1.165) is 60.1 Å². The second kappa shape index (κ2) is 7.17. The monoisotopic (exact) mass is 361 g/mol. The summed E-state index contributed by atoms with van der Waals surface area (Å²) < 4.78 is 11.8. The summed E-state index contributed by atoms with van der Waals surface area (Å²) in [5, 5.41) is 1.00. The molecule has 2 saturated heterocycles. The lowest BCUT2D eigenvalue weighted by Crippen LogP contribution is -2.48. The molecule has 0 radical (unpaired) electrons. The van der Waals surface area contributed by atoms with Gasteiger partial charge in [-0.15, -0.1) is 0 Å². The number of benzene rings is 1. The van der Waals surface area contributed by atoms with Gasteiger partial charge in [0.05, 0.1) is 36.5 Å². The van der Waals surface area contributed by atoms with Crippen LogP contribution in [0.1, 0.15) is 12.8 Å². The molecule has 7 heteroatoms. The van der Waals surface area contributed by atoms with Gasteiger partial charge in [0.25, 0.3) is 0 Å². The number of ether oxygens (including phenoxy) is 2. The molecule has 0 aliphatic carbocycles. The first-order valence-corrected chi connectivity index (χ1v) is 9.62. The van der Waals surface area contributed by atoms with Gasteiger partial charge in [0.15, 0.2) is 5.13 Å². The Morgan fingerprint density at radius 2 is 2.16 bits per heavy atom. The van der Waals surface area contributed by atoms with Gasteiger partial charge in [0.2, 0.25) is 5.91 Å². The molecular weight excluding hydrogens is 338 g/mol. The SMILES string of the molecule is COc1ccc2nc(N3CCC[C@H](C(=O)N4CCOCC4)C3)sc2c1. The number of amides is 1. The van der Waals surface area contributed by atoms with Crippen molar-refractivity contribution in [3.8, 4) is 5.75 Å². The molecule has 0 unspecified atom stereocenters. The van der Waals surface area contributed by atoms with Crippen molar-refractivity contribution in [1.29, 1.82) is 0 Å². The summed E-state index contributed by atoms with van der Waals surface area (Å²) in [4.78, 5) is 21.8. The molecule has 0 bridgehead atoms. The van der Waals surface area contributed by atoms with Gasteiger partial charge in [-0.3, -0.25) is 4.79 Å². The predicted molar refractivity (Wildman–Crippen MR) is 98.5 cm³/mol. The van der Waals surface area contributed by atoms with Crippen molar-refractivity contribution in [3.05, 3.63) is 18.2 Å². The summed E-state index contributed by atoms with van der Waals surface area (Å²) >= 11 is 1.67. The van der Waals surface area contributed by atoms with E-state index in [0.29, 0.717) is 13.2 Å². The van der Waals surface area contributed by atoms with Crippen molar-refractivity contribution in [1.82, 2.24) is 9.88 Å². The fourth-order valence-corrected chi connectivity index (χ4v) is 4.58. The van der Waals surface area contributed by atoms with Crippen molar-refractivity contribution >= 4 is 32.6 Å². The lowest BCUT2D eigenvalue weighted by molar-refractivity contribution is -0.139. The lowest BCUT2D eigenvalue weighted by atomic mass is 9.96. The molecule has 6 nitrogen and oxygen atoms in total. The second-order valence-electron chi connectivity index (χ2n) is 6.55. The second-order valence-corrected chi connectivity index (χ2v) is 7.56. The first-order chi connectivity index (χ1) is 12.2. The first-order valence-electron chi connectivity index (χ1n) is 8.80. The summed E-state index contributed by atoms with van der Waals surface area (Å²) in [7, 11) is 1.68. The van der Waals surface area contributed by atoms with Crippen LogP contribution in [-0.4, -0.2) is 62.3 Å². The topological polar surface area (TPSA) is 54.9 Å². The third-order valence-corrected chi connectivity index (χ3v) is 6.03. The van der Waals surface area contributed by atoms with Crippen LogP contribution >= 0.6 is 11.3 Å². The van der Waals surface area contributed by atoms with Gasteiger partial charge in [0.1, 0.15) is 5.75 Å². The number of thiazole rings is 1. The van der Waals surface area contributed by atoms with E-state index in [1.54, 1.807) is 18.4 Å². The minimum atomic E-state index is 0.0633. The maximum atomic E-state index is 12.8. The Morgan fingerprint density at radius 1 is 1.32 bits per heavy atom. The number of anilines is 1. The van der Waals surface area contributed by atoms with Crippen molar-refractivity contribution in [2.45, 2.75) is 12.8 Å². The molecule has 2 fully saturated rings. The first kappa shape index (κ1) is 16.6. The number of hydrogen-bond acceptors (Lipinski definition) is 6. The van der Waals surface area contributed by atoms with Crippen LogP contribution in [0.25, 0.3) is 10.2 Å². The Labute approximate surface area is 151 Å². The van der Waals surface area contributed by atoms with Crippen LogP contribution in [0.2, 0.25) is 0 Å². The van der Waals surface area contributed by atoms with Crippen LogP contribution < -0.4 is 9.64 Å². The zero-order valence-electron chi connectivity index (χ0n) is 14.4. The molecule has 1 aromatic carbocycles. The number of piperidine rings is 1. The molecule has 2 aliphatic heterocycles. The van der Waals surface area contributed by atoms with E-state index in [9.17, 15) is 4.79 Å². The highest BCUT2D eigenvalue weighted by atomic mass is 32.1. The van der Waals surface area contributed by atoms with Crippen LogP contribution in [0.3, 0.4) is 0 Å². The van der Waals surface area contributed by atoms with Crippen molar-refractivity contribution in [3.63, 3.8) is 0 Å². The highest BCUT2D eigenvalue weighted by Gasteiger charge is 2.31. The minimum Gasteiger partial charge on any atom is -0.497 e. The molecule has 134 valence electrons.